The van der Waals surface area contributed by atoms with Crippen molar-refractivity contribution in [3.8, 4) is 0 Å². The van der Waals surface area contributed by atoms with Crippen molar-refractivity contribution in [1.29, 1.82) is 0 Å². The number of aryl methyl sites for hydroxylation is 1. The molecule has 0 spiro atoms. The summed E-state index contributed by atoms with van der Waals surface area (Å²) in [5.74, 6) is 0. The van der Waals surface area contributed by atoms with Crippen LogP contribution in [0.1, 0.15) is 115 Å². The maximum absolute atomic E-state index is 11.9. The molecule has 1 aliphatic carbocycles. The number of aliphatic hydroxyl groups is 1. The standard InChI is InChI=1S/C27H44O4/c1-3-5-7-9-11-13-23-14-16-24(17-15-23)27(29)20-18-25(19-21-27)31-26(28)30-22-12-10-8-6-4-2/h14-17,25,29H,3-13,18-22H2,1-2H3. The first-order chi connectivity index (χ1) is 15.1. The summed E-state index contributed by atoms with van der Waals surface area (Å²) in [6.07, 6.45) is 15.0. The molecular formula is C27H44O4. The third-order valence-corrected chi connectivity index (χ3v) is 6.55. The van der Waals surface area contributed by atoms with Crippen LogP contribution in [-0.2, 0) is 21.5 Å². The number of carbonyl (C=O) groups is 1. The molecule has 4 heteroatoms. The van der Waals surface area contributed by atoms with Gasteiger partial charge in [-0.15, -0.1) is 0 Å². The SMILES string of the molecule is CCCCCCCOC(=O)OC1CCC(O)(c2ccc(CCCCCCC)cc2)CC1. The average Bonchev–Trinajstić information content (AvgIpc) is 2.78. The van der Waals surface area contributed by atoms with Gasteiger partial charge in [0.2, 0.25) is 0 Å². The van der Waals surface area contributed by atoms with Crippen molar-refractivity contribution in [2.45, 2.75) is 122 Å². The zero-order valence-corrected chi connectivity index (χ0v) is 19.9. The van der Waals surface area contributed by atoms with Crippen molar-refractivity contribution in [3.63, 3.8) is 0 Å². The highest BCUT2D eigenvalue weighted by atomic mass is 16.7. The second kappa shape index (κ2) is 14.5. The molecule has 1 saturated carbocycles. The second-order valence-corrected chi connectivity index (χ2v) is 9.22. The van der Waals surface area contributed by atoms with Gasteiger partial charge in [0, 0.05) is 0 Å². The molecule has 1 aromatic carbocycles. The molecule has 2 rings (SSSR count). The maximum atomic E-state index is 11.9. The summed E-state index contributed by atoms with van der Waals surface area (Å²) in [7, 11) is 0. The molecule has 0 unspecified atom stereocenters. The lowest BCUT2D eigenvalue weighted by Gasteiger charge is -2.36. The van der Waals surface area contributed by atoms with E-state index in [9.17, 15) is 9.90 Å². The number of ether oxygens (including phenoxy) is 2. The number of unbranched alkanes of at least 4 members (excludes halogenated alkanes) is 8. The maximum Gasteiger partial charge on any atom is 0.508 e. The van der Waals surface area contributed by atoms with Crippen molar-refractivity contribution >= 4 is 6.16 Å². The van der Waals surface area contributed by atoms with Crippen LogP contribution in [0.2, 0.25) is 0 Å². The average molecular weight is 433 g/mol. The molecule has 1 N–H and O–H groups in total. The topological polar surface area (TPSA) is 55.8 Å². The minimum Gasteiger partial charge on any atom is -0.434 e. The molecule has 31 heavy (non-hydrogen) atoms. The number of hydrogen-bond acceptors (Lipinski definition) is 4. The Balaban J connectivity index is 1.67. The van der Waals surface area contributed by atoms with Crippen molar-refractivity contribution in [3.05, 3.63) is 35.4 Å². The third-order valence-electron chi connectivity index (χ3n) is 6.55. The molecule has 1 fully saturated rings. The van der Waals surface area contributed by atoms with Crippen LogP contribution in [0.15, 0.2) is 24.3 Å². The zero-order chi connectivity index (χ0) is 22.4. The Morgan fingerprint density at radius 1 is 0.903 bits per heavy atom. The molecule has 4 nitrogen and oxygen atoms in total. The summed E-state index contributed by atoms with van der Waals surface area (Å²) in [4.78, 5) is 11.9. The summed E-state index contributed by atoms with van der Waals surface area (Å²) in [5.41, 5.74) is 1.51. The number of hydrogen-bond donors (Lipinski definition) is 1. The van der Waals surface area contributed by atoms with E-state index in [1.807, 2.05) is 0 Å². The minimum absolute atomic E-state index is 0.157. The molecule has 0 heterocycles. The molecule has 1 aliphatic rings. The van der Waals surface area contributed by atoms with Crippen molar-refractivity contribution < 1.29 is 19.4 Å². The van der Waals surface area contributed by atoms with E-state index < -0.39 is 11.8 Å². The van der Waals surface area contributed by atoms with Gasteiger partial charge < -0.3 is 14.6 Å². The molecule has 1 aromatic rings. The van der Waals surface area contributed by atoms with Crippen LogP contribution in [0.4, 0.5) is 4.79 Å². The summed E-state index contributed by atoms with van der Waals surface area (Å²) in [5, 5.41) is 11.1. The predicted octanol–water partition coefficient (Wildman–Crippen LogP) is 7.45. The van der Waals surface area contributed by atoms with Gasteiger partial charge in [-0.05, 0) is 56.1 Å². The summed E-state index contributed by atoms with van der Waals surface area (Å²) >= 11 is 0. The Morgan fingerprint density at radius 2 is 1.48 bits per heavy atom. The van der Waals surface area contributed by atoms with E-state index in [1.54, 1.807) is 0 Å². The van der Waals surface area contributed by atoms with Gasteiger partial charge in [0.25, 0.3) is 0 Å². The van der Waals surface area contributed by atoms with Crippen LogP contribution in [0.3, 0.4) is 0 Å². The first kappa shape index (κ1) is 25.7. The Kier molecular flexibility index (Phi) is 12.0. The zero-order valence-electron chi connectivity index (χ0n) is 19.9. The van der Waals surface area contributed by atoms with Gasteiger partial charge in [-0.25, -0.2) is 4.79 Å². The highest BCUT2D eigenvalue weighted by molar-refractivity contribution is 5.60. The van der Waals surface area contributed by atoms with E-state index in [0.717, 1.165) is 24.8 Å². The van der Waals surface area contributed by atoms with Gasteiger partial charge in [0.05, 0.1) is 12.2 Å². The van der Waals surface area contributed by atoms with E-state index in [-0.39, 0.29) is 6.10 Å². The van der Waals surface area contributed by atoms with Gasteiger partial charge in [0.1, 0.15) is 6.10 Å². The normalized spacial score (nSPS) is 21.1. The largest absolute Gasteiger partial charge is 0.508 e. The van der Waals surface area contributed by atoms with E-state index in [2.05, 4.69) is 38.1 Å². The van der Waals surface area contributed by atoms with Crippen LogP contribution in [0.25, 0.3) is 0 Å². The fraction of sp³-hybridized carbons (Fsp3) is 0.741. The van der Waals surface area contributed by atoms with Crippen molar-refractivity contribution in [2.75, 3.05) is 6.61 Å². The lowest BCUT2D eigenvalue weighted by molar-refractivity contribution is -0.0538. The van der Waals surface area contributed by atoms with Gasteiger partial charge >= 0.3 is 6.16 Å². The smallest absolute Gasteiger partial charge is 0.434 e. The Morgan fingerprint density at radius 3 is 2.10 bits per heavy atom. The van der Waals surface area contributed by atoms with Gasteiger partial charge in [-0.1, -0.05) is 89.5 Å². The molecule has 0 radical (unpaired) electrons. The lowest BCUT2D eigenvalue weighted by atomic mass is 9.78. The first-order valence-electron chi connectivity index (χ1n) is 12.7. The monoisotopic (exact) mass is 432 g/mol. The Labute approximate surface area is 189 Å². The van der Waals surface area contributed by atoms with Crippen LogP contribution < -0.4 is 0 Å². The highest BCUT2D eigenvalue weighted by Crippen LogP contribution is 2.38. The summed E-state index contributed by atoms with van der Waals surface area (Å²) < 4.78 is 10.7. The van der Waals surface area contributed by atoms with Crippen LogP contribution in [0, 0.1) is 0 Å². The lowest BCUT2D eigenvalue weighted by Crippen LogP contribution is -2.35. The van der Waals surface area contributed by atoms with Gasteiger partial charge in [-0.2, -0.15) is 0 Å². The predicted molar refractivity (Wildman–Crippen MR) is 126 cm³/mol. The van der Waals surface area contributed by atoms with E-state index in [4.69, 9.17) is 9.47 Å². The fourth-order valence-electron chi connectivity index (χ4n) is 4.42. The number of carbonyl (C=O) groups excluding carboxylic acids is 1. The fourth-order valence-corrected chi connectivity index (χ4v) is 4.42. The van der Waals surface area contributed by atoms with E-state index in [1.165, 1.54) is 56.9 Å². The van der Waals surface area contributed by atoms with Crippen LogP contribution >= 0.6 is 0 Å². The van der Waals surface area contributed by atoms with Crippen LogP contribution in [0.5, 0.6) is 0 Å². The molecule has 0 atom stereocenters. The van der Waals surface area contributed by atoms with Crippen molar-refractivity contribution in [1.82, 2.24) is 0 Å². The molecule has 0 aromatic heterocycles. The molecule has 176 valence electrons. The quantitative estimate of drug-likeness (QED) is 0.245. The van der Waals surface area contributed by atoms with Crippen molar-refractivity contribution in [2.24, 2.45) is 0 Å². The van der Waals surface area contributed by atoms with Gasteiger partial charge in [-0.3, -0.25) is 0 Å². The highest BCUT2D eigenvalue weighted by Gasteiger charge is 2.36. The molecule has 0 amide bonds. The first-order valence-corrected chi connectivity index (χ1v) is 12.7. The second-order valence-electron chi connectivity index (χ2n) is 9.22. The van der Waals surface area contributed by atoms with E-state index >= 15 is 0 Å². The summed E-state index contributed by atoms with van der Waals surface area (Å²) in [6, 6.07) is 8.48. The van der Waals surface area contributed by atoms with E-state index in [0.29, 0.717) is 32.3 Å². The third kappa shape index (κ3) is 9.64. The minimum atomic E-state index is -0.817. The molecular weight excluding hydrogens is 388 g/mol. The number of benzene rings is 1. The Hall–Kier alpha value is -1.55. The molecule has 0 aliphatic heterocycles. The van der Waals surface area contributed by atoms with Crippen LogP contribution in [-0.4, -0.2) is 24.0 Å². The molecule has 0 bridgehead atoms. The molecule has 0 saturated heterocycles. The van der Waals surface area contributed by atoms with Gasteiger partial charge in [0.15, 0.2) is 0 Å². The Bertz CT molecular complexity index is 602. The number of rotatable bonds is 14. The summed E-state index contributed by atoms with van der Waals surface area (Å²) in [6.45, 7) is 4.86.